The normalized spacial score (nSPS) is 20.5. The highest BCUT2D eigenvalue weighted by atomic mass is 35.5. The highest BCUT2D eigenvalue weighted by Gasteiger charge is 2.29. The molecule has 0 saturated heterocycles. The lowest BCUT2D eigenvalue weighted by Gasteiger charge is -2.19. The van der Waals surface area contributed by atoms with Gasteiger partial charge >= 0.3 is 0 Å². The Morgan fingerprint density at radius 1 is 1.17 bits per heavy atom. The van der Waals surface area contributed by atoms with E-state index in [2.05, 4.69) is 9.98 Å². The number of pyridine rings is 1. The number of halogens is 1. The van der Waals surface area contributed by atoms with Crippen molar-refractivity contribution >= 4 is 29.8 Å². The summed E-state index contributed by atoms with van der Waals surface area (Å²) in [6, 6.07) is 11.3. The lowest BCUT2D eigenvalue weighted by Crippen LogP contribution is -2.18. The molecule has 2 heterocycles. The summed E-state index contributed by atoms with van der Waals surface area (Å²) < 4.78 is 5.61. The molecule has 120 valence electrons. The van der Waals surface area contributed by atoms with Gasteiger partial charge in [0.05, 0.1) is 5.69 Å². The summed E-state index contributed by atoms with van der Waals surface area (Å²) in [5, 5.41) is 10.7. The first kappa shape index (κ1) is 16.3. The summed E-state index contributed by atoms with van der Waals surface area (Å²) in [6.45, 7) is 3.43. The summed E-state index contributed by atoms with van der Waals surface area (Å²) in [5.41, 5.74) is 0.487. The van der Waals surface area contributed by atoms with Crippen LogP contribution in [0.1, 0.15) is 31.1 Å². The Morgan fingerprint density at radius 3 is 2.52 bits per heavy atom. The molecule has 1 N–H and O–H groups in total. The second-order valence-corrected chi connectivity index (χ2v) is 7.42. The lowest BCUT2D eigenvalue weighted by molar-refractivity contribution is 0.0738. The van der Waals surface area contributed by atoms with E-state index in [0.717, 1.165) is 10.5 Å². The number of nitrogens with zero attached hydrogens (tertiary/aromatic N) is 2. The van der Waals surface area contributed by atoms with Gasteiger partial charge in [0, 0.05) is 16.1 Å². The molecular weight excluding hydrogens is 332 g/mol. The number of thioether (sulfide) groups is 1. The van der Waals surface area contributed by atoms with Crippen LogP contribution in [0.5, 0.6) is 0 Å². The first-order chi connectivity index (χ1) is 10.9. The molecule has 0 saturated carbocycles. The fourth-order valence-electron chi connectivity index (χ4n) is 2.23. The van der Waals surface area contributed by atoms with Gasteiger partial charge in [-0.25, -0.2) is 4.99 Å². The van der Waals surface area contributed by atoms with Crippen molar-refractivity contribution in [3.05, 3.63) is 58.9 Å². The summed E-state index contributed by atoms with van der Waals surface area (Å²) >= 11 is 7.50. The minimum atomic E-state index is -0.953. The minimum Gasteiger partial charge on any atom is -0.467 e. The second kappa shape index (κ2) is 6.51. The van der Waals surface area contributed by atoms with Crippen LogP contribution in [0.15, 0.2) is 52.5 Å². The third-order valence-electron chi connectivity index (χ3n) is 3.49. The Bertz CT molecular complexity index is 696. The van der Waals surface area contributed by atoms with Gasteiger partial charge < -0.3 is 9.84 Å². The predicted octanol–water partition coefficient (Wildman–Crippen LogP) is 4.18. The van der Waals surface area contributed by atoms with Crippen molar-refractivity contribution in [2.24, 2.45) is 4.99 Å². The highest BCUT2D eigenvalue weighted by Crippen LogP contribution is 2.38. The molecule has 4 nitrogen and oxygen atoms in total. The van der Waals surface area contributed by atoms with Crippen molar-refractivity contribution in [3.63, 3.8) is 0 Å². The number of benzene rings is 1. The summed E-state index contributed by atoms with van der Waals surface area (Å²) in [5.74, 6) is 0. The quantitative estimate of drug-likeness (QED) is 0.900. The van der Waals surface area contributed by atoms with Crippen LogP contribution in [-0.4, -0.2) is 21.9 Å². The third-order valence-corrected chi connectivity index (χ3v) is 4.89. The lowest BCUT2D eigenvalue weighted by atomic mass is 10.0. The molecule has 0 radical (unpaired) electrons. The van der Waals surface area contributed by atoms with E-state index in [1.807, 2.05) is 36.4 Å². The molecule has 3 rings (SSSR count). The highest BCUT2D eigenvalue weighted by molar-refractivity contribution is 7.99. The Kier molecular flexibility index (Phi) is 4.62. The molecule has 0 spiro atoms. The maximum Gasteiger partial charge on any atom is 0.176 e. The van der Waals surface area contributed by atoms with Gasteiger partial charge in [-0.1, -0.05) is 29.4 Å². The molecule has 2 aromatic rings. The monoisotopic (exact) mass is 348 g/mol. The number of ether oxygens (including phenoxy) is 1. The van der Waals surface area contributed by atoms with Gasteiger partial charge in [0.15, 0.2) is 11.8 Å². The van der Waals surface area contributed by atoms with Crippen LogP contribution in [0.2, 0.25) is 5.02 Å². The number of rotatable bonds is 4. The van der Waals surface area contributed by atoms with Crippen molar-refractivity contribution in [2.75, 3.05) is 0 Å². The van der Waals surface area contributed by atoms with Gasteiger partial charge in [-0.3, -0.25) is 4.98 Å². The van der Waals surface area contributed by atoms with Gasteiger partial charge in [-0.05, 0) is 49.7 Å². The number of hydrogen-bond acceptors (Lipinski definition) is 5. The van der Waals surface area contributed by atoms with Crippen LogP contribution < -0.4 is 0 Å². The van der Waals surface area contributed by atoms with E-state index < -0.39 is 5.60 Å². The summed E-state index contributed by atoms with van der Waals surface area (Å²) in [4.78, 5) is 9.80. The van der Waals surface area contributed by atoms with E-state index in [-0.39, 0.29) is 11.5 Å². The standard InChI is InChI=1S/C17H17ClN2O2S/c1-17(2,21)14-8-3-11(9-19-14)15-16(22-10-20-15)23-13-6-4-12(18)5-7-13/h3-10,15-16,21H,1-2H3. The molecule has 1 aromatic heterocycles. The Labute approximate surface area is 144 Å². The van der Waals surface area contributed by atoms with Crippen LogP contribution >= 0.6 is 23.4 Å². The van der Waals surface area contributed by atoms with Crippen molar-refractivity contribution in [2.45, 2.75) is 35.8 Å². The molecule has 1 aromatic carbocycles. The fourth-order valence-corrected chi connectivity index (χ4v) is 3.38. The van der Waals surface area contributed by atoms with Gasteiger partial charge in [-0.15, -0.1) is 0 Å². The molecule has 1 aliphatic rings. The molecule has 6 heteroatoms. The topological polar surface area (TPSA) is 54.7 Å². The second-order valence-electron chi connectivity index (χ2n) is 5.81. The zero-order valence-electron chi connectivity index (χ0n) is 12.8. The number of aliphatic imine (C=N–C) groups is 1. The Balaban J connectivity index is 1.76. The van der Waals surface area contributed by atoms with E-state index in [0.29, 0.717) is 10.7 Å². The maximum absolute atomic E-state index is 9.98. The average molecular weight is 349 g/mol. The SMILES string of the molecule is CC(C)(O)c1ccc(C2N=COC2Sc2ccc(Cl)cc2)cn1. The van der Waals surface area contributed by atoms with Gasteiger partial charge in [0.2, 0.25) is 0 Å². The molecule has 2 unspecified atom stereocenters. The van der Waals surface area contributed by atoms with Crippen molar-refractivity contribution < 1.29 is 9.84 Å². The first-order valence-electron chi connectivity index (χ1n) is 7.21. The molecule has 0 amide bonds. The van der Waals surface area contributed by atoms with Gasteiger partial charge in [0.1, 0.15) is 11.6 Å². The van der Waals surface area contributed by atoms with Crippen molar-refractivity contribution in [3.8, 4) is 0 Å². The average Bonchev–Trinajstić information content (AvgIpc) is 2.97. The number of aliphatic hydroxyl groups is 1. The molecule has 1 aliphatic heterocycles. The fraction of sp³-hybridized carbons (Fsp3) is 0.294. The van der Waals surface area contributed by atoms with E-state index >= 15 is 0 Å². The molecule has 2 atom stereocenters. The van der Waals surface area contributed by atoms with Crippen molar-refractivity contribution in [1.82, 2.24) is 4.98 Å². The number of aromatic nitrogens is 1. The molecule has 0 fully saturated rings. The first-order valence-corrected chi connectivity index (χ1v) is 8.47. The van der Waals surface area contributed by atoms with Crippen LogP contribution in [0.4, 0.5) is 0 Å². The van der Waals surface area contributed by atoms with Crippen LogP contribution in [0.3, 0.4) is 0 Å². The Hall–Kier alpha value is -1.56. The molecule has 0 aliphatic carbocycles. The molecular formula is C17H17ClN2O2S. The van der Waals surface area contributed by atoms with Crippen LogP contribution in [0, 0.1) is 0 Å². The summed E-state index contributed by atoms with van der Waals surface area (Å²) in [6.07, 6.45) is 3.24. The zero-order valence-corrected chi connectivity index (χ0v) is 14.4. The predicted molar refractivity (Wildman–Crippen MR) is 92.9 cm³/mol. The molecule has 23 heavy (non-hydrogen) atoms. The maximum atomic E-state index is 9.98. The van der Waals surface area contributed by atoms with Gasteiger partial charge in [-0.2, -0.15) is 0 Å². The van der Waals surface area contributed by atoms with E-state index in [4.69, 9.17) is 16.3 Å². The zero-order chi connectivity index (χ0) is 16.4. The van der Waals surface area contributed by atoms with Crippen LogP contribution in [0.25, 0.3) is 0 Å². The van der Waals surface area contributed by atoms with E-state index in [1.165, 1.54) is 6.40 Å². The van der Waals surface area contributed by atoms with Gasteiger partial charge in [0.25, 0.3) is 0 Å². The van der Waals surface area contributed by atoms with Crippen LogP contribution in [-0.2, 0) is 10.3 Å². The van der Waals surface area contributed by atoms with Crippen molar-refractivity contribution in [1.29, 1.82) is 0 Å². The smallest absolute Gasteiger partial charge is 0.176 e. The number of hydrogen-bond donors (Lipinski definition) is 1. The van der Waals surface area contributed by atoms with E-state index in [9.17, 15) is 5.11 Å². The summed E-state index contributed by atoms with van der Waals surface area (Å²) in [7, 11) is 0. The third kappa shape index (κ3) is 3.86. The van der Waals surface area contributed by atoms with E-state index in [1.54, 1.807) is 31.8 Å². The largest absolute Gasteiger partial charge is 0.467 e. The molecule has 0 bridgehead atoms. The minimum absolute atomic E-state index is 0.126. The Morgan fingerprint density at radius 2 is 1.91 bits per heavy atom.